The molecule has 0 bridgehead atoms. The van der Waals surface area contributed by atoms with Gasteiger partial charge in [0.05, 0.1) is 0 Å². The van der Waals surface area contributed by atoms with E-state index in [4.69, 9.17) is 0 Å². The van der Waals surface area contributed by atoms with Gasteiger partial charge in [-0.3, -0.25) is 9.59 Å². The fraction of sp³-hybridized carbons (Fsp3) is 0.333. The van der Waals surface area contributed by atoms with Crippen LogP contribution < -0.4 is 0 Å². The van der Waals surface area contributed by atoms with E-state index in [-0.39, 0.29) is 17.6 Å². The number of carbonyl (C=O) groups excluding carboxylic acids is 2. The van der Waals surface area contributed by atoms with Crippen molar-refractivity contribution in [3.05, 3.63) is 59.7 Å². The molecule has 1 fully saturated rings. The van der Waals surface area contributed by atoms with E-state index in [2.05, 4.69) is 0 Å². The number of hydrogen-bond acceptors (Lipinski definition) is 2. The molecule has 0 unspecified atom stereocenters. The summed E-state index contributed by atoms with van der Waals surface area (Å²) < 4.78 is 0. The van der Waals surface area contributed by atoms with E-state index in [1.165, 1.54) is 0 Å². The van der Waals surface area contributed by atoms with Crippen molar-refractivity contribution in [1.82, 2.24) is 4.90 Å². The second-order valence-corrected chi connectivity index (χ2v) is 6.74. The van der Waals surface area contributed by atoms with Gasteiger partial charge in [-0.05, 0) is 37.5 Å². The SMILES string of the molecule is CC(C)=CC(=O)N1CCC[C@H](C(=O)c2cccc3ccccc23)C1. The molecule has 0 N–H and O–H groups in total. The number of carbonyl (C=O) groups is 2. The number of ketones is 1. The fourth-order valence-corrected chi connectivity index (χ4v) is 3.39. The molecule has 1 heterocycles. The van der Waals surface area contributed by atoms with Crippen LogP contribution in [0.25, 0.3) is 10.8 Å². The molecule has 0 spiro atoms. The quantitative estimate of drug-likeness (QED) is 0.627. The van der Waals surface area contributed by atoms with Crippen LogP contribution in [-0.4, -0.2) is 29.7 Å². The van der Waals surface area contributed by atoms with Crippen LogP contribution in [0.15, 0.2) is 54.1 Å². The lowest BCUT2D eigenvalue weighted by molar-refractivity contribution is -0.127. The molecule has 24 heavy (non-hydrogen) atoms. The van der Waals surface area contributed by atoms with Crippen LogP contribution in [0, 0.1) is 5.92 Å². The summed E-state index contributed by atoms with van der Waals surface area (Å²) >= 11 is 0. The number of likely N-dealkylation sites (tertiary alicyclic amines) is 1. The molecule has 0 radical (unpaired) electrons. The predicted molar refractivity (Wildman–Crippen MR) is 97.0 cm³/mol. The molecular formula is C21H23NO2. The summed E-state index contributed by atoms with van der Waals surface area (Å²) in [4.78, 5) is 27.1. The molecule has 1 aliphatic rings. The average molecular weight is 321 g/mol. The zero-order valence-electron chi connectivity index (χ0n) is 14.3. The van der Waals surface area contributed by atoms with Crippen molar-refractivity contribution in [2.75, 3.05) is 13.1 Å². The summed E-state index contributed by atoms with van der Waals surface area (Å²) in [5.74, 6) is 0.0611. The van der Waals surface area contributed by atoms with Crippen LogP contribution in [0.3, 0.4) is 0 Å². The smallest absolute Gasteiger partial charge is 0.246 e. The average Bonchev–Trinajstić information content (AvgIpc) is 2.60. The van der Waals surface area contributed by atoms with Gasteiger partial charge in [-0.25, -0.2) is 0 Å². The van der Waals surface area contributed by atoms with Crippen LogP contribution in [-0.2, 0) is 4.79 Å². The number of allylic oxidation sites excluding steroid dienone is 1. The number of Topliss-reactive ketones (excluding diaryl/α,β-unsaturated/α-hetero) is 1. The molecular weight excluding hydrogens is 298 g/mol. The second kappa shape index (κ2) is 7.00. The van der Waals surface area contributed by atoms with Crippen molar-refractivity contribution < 1.29 is 9.59 Å². The Kier molecular flexibility index (Phi) is 4.79. The monoisotopic (exact) mass is 321 g/mol. The van der Waals surface area contributed by atoms with E-state index < -0.39 is 0 Å². The Morgan fingerprint density at radius 2 is 1.83 bits per heavy atom. The summed E-state index contributed by atoms with van der Waals surface area (Å²) in [5, 5.41) is 2.08. The van der Waals surface area contributed by atoms with Gasteiger partial charge in [-0.15, -0.1) is 0 Å². The van der Waals surface area contributed by atoms with E-state index in [1.807, 2.05) is 61.2 Å². The summed E-state index contributed by atoms with van der Waals surface area (Å²) in [5.41, 5.74) is 1.76. The molecule has 2 aromatic carbocycles. The molecule has 3 rings (SSSR count). The highest BCUT2D eigenvalue weighted by Gasteiger charge is 2.29. The van der Waals surface area contributed by atoms with Crippen LogP contribution in [0.4, 0.5) is 0 Å². The first-order chi connectivity index (χ1) is 11.6. The number of piperidine rings is 1. The Labute approximate surface area is 143 Å². The lowest BCUT2D eigenvalue weighted by Gasteiger charge is -2.31. The Hall–Kier alpha value is -2.42. The van der Waals surface area contributed by atoms with Gasteiger partial charge in [0, 0.05) is 30.6 Å². The first kappa shape index (κ1) is 16.4. The topological polar surface area (TPSA) is 37.4 Å². The molecule has 0 saturated carbocycles. The maximum Gasteiger partial charge on any atom is 0.246 e. The molecule has 124 valence electrons. The molecule has 3 heteroatoms. The Balaban J connectivity index is 1.84. The standard InChI is InChI=1S/C21H23NO2/c1-15(2)13-20(23)22-12-6-9-17(14-22)21(24)19-11-5-8-16-7-3-4-10-18(16)19/h3-5,7-8,10-11,13,17H,6,9,12,14H2,1-2H3/t17-/m0/s1. The number of fused-ring (bicyclic) bond motifs is 1. The minimum Gasteiger partial charge on any atom is -0.338 e. The molecule has 1 aliphatic heterocycles. The first-order valence-corrected chi connectivity index (χ1v) is 8.52. The van der Waals surface area contributed by atoms with E-state index in [0.717, 1.165) is 41.3 Å². The van der Waals surface area contributed by atoms with E-state index in [1.54, 1.807) is 6.08 Å². The lowest BCUT2D eigenvalue weighted by Crippen LogP contribution is -2.41. The largest absolute Gasteiger partial charge is 0.338 e. The van der Waals surface area contributed by atoms with Crippen LogP contribution in [0.5, 0.6) is 0 Å². The number of nitrogens with zero attached hydrogens (tertiary/aromatic N) is 1. The summed E-state index contributed by atoms with van der Waals surface area (Å²) in [6, 6.07) is 13.8. The molecule has 1 atom stereocenters. The van der Waals surface area contributed by atoms with Crippen molar-refractivity contribution >= 4 is 22.5 Å². The zero-order valence-corrected chi connectivity index (χ0v) is 14.3. The molecule has 2 aromatic rings. The van der Waals surface area contributed by atoms with Crippen molar-refractivity contribution in [3.63, 3.8) is 0 Å². The Morgan fingerprint density at radius 1 is 1.08 bits per heavy atom. The predicted octanol–water partition coefficient (Wildman–Crippen LogP) is 4.23. The van der Waals surface area contributed by atoms with Crippen LogP contribution in [0.2, 0.25) is 0 Å². The number of amides is 1. The van der Waals surface area contributed by atoms with Gasteiger partial charge in [-0.2, -0.15) is 0 Å². The lowest BCUT2D eigenvalue weighted by atomic mass is 9.88. The van der Waals surface area contributed by atoms with Crippen molar-refractivity contribution in [3.8, 4) is 0 Å². The number of rotatable bonds is 3. The Morgan fingerprint density at radius 3 is 2.62 bits per heavy atom. The van der Waals surface area contributed by atoms with Gasteiger partial charge in [0.25, 0.3) is 0 Å². The van der Waals surface area contributed by atoms with Crippen molar-refractivity contribution in [2.45, 2.75) is 26.7 Å². The summed E-state index contributed by atoms with van der Waals surface area (Å²) in [6.45, 7) is 5.09. The van der Waals surface area contributed by atoms with Crippen LogP contribution in [0.1, 0.15) is 37.0 Å². The van der Waals surface area contributed by atoms with Gasteiger partial charge < -0.3 is 4.90 Å². The minimum absolute atomic E-state index is 0.0189. The normalized spacial score (nSPS) is 17.6. The molecule has 3 nitrogen and oxygen atoms in total. The summed E-state index contributed by atoms with van der Waals surface area (Å²) in [6.07, 6.45) is 3.38. The highest BCUT2D eigenvalue weighted by molar-refractivity contribution is 6.09. The second-order valence-electron chi connectivity index (χ2n) is 6.74. The zero-order chi connectivity index (χ0) is 17.1. The van der Waals surface area contributed by atoms with Crippen molar-refractivity contribution in [1.29, 1.82) is 0 Å². The highest BCUT2D eigenvalue weighted by Crippen LogP contribution is 2.26. The maximum atomic E-state index is 13.1. The van der Waals surface area contributed by atoms with E-state index in [0.29, 0.717) is 6.54 Å². The molecule has 1 saturated heterocycles. The fourth-order valence-electron chi connectivity index (χ4n) is 3.39. The number of benzene rings is 2. The van der Waals surface area contributed by atoms with Gasteiger partial charge in [0.1, 0.15) is 0 Å². The van der Waals surface area contributed by atoms with Gasteiger partial charge in [0.2, 0.25) is 5.91 Å². The maximum absolute atomic E-state index is 13.1. The molecule has 0 aliphatic carbocycles. The van der Waals surface area contributed by atoms with Gasteiger partial charge in [-0.1, -0.05) is 48.0 Å². The minimum atomic E-state index is -0.112. The number of hydrogen-bond donors (Lipinski definition) is 0. The molecule has 0 aromatic heterocycles. The van der Waals surface area contributed by atoms with Gasteiger partial charge >= 0.3 is 0 Å². The van der Waals surface area contributed by atoms with Crippen molar-refractivity contribution in [2.24, 2.45) is 5.92 Å². The van der Waals surface area contributed by atoms with E-state index >= 15 is 0 Å². The van der Waals surface area contributed by atoms with Crippen LogP contribution >= 0.6 is 0 Å². The molecule has 1 amide bonds. The third kappa shape index (κ3) is 3.40. The highest BCUT2D eigenvalue weighted by atomic mass is 16.2. The third-order valence-corrected chi connectivity index (χ3v) is 4.57. The van der Waals surface area contributed by atoms with Gasteiger partial charge in [0.15, 0.2) is 5.78 Å². The first-order valence-electron chi connectivity index (χ1n) is 8.52. The van der Waals surface area contributed by atoms with E-state index in [9.17, 15) is 9.59 Å². The summed E-state index contributed by atoms with van der Waals surface area (Å²) in [7, 11) is 0. The third-order valence-electron chi connectivity index (χ3n) is 4.57. The Bertz CT molecular complexity index is 797.